The zero-order valence-electron chi connectivity index (χ0n) is 10.9. The first-order valence-electron chi connectivity index (χ1n) is 6.11. The molecule has 0 bridgehead atoms. The summed E-state index contributed by atoms with van der Waals surface area (Å²) in [4.78, 5) is 22.0. The van der Waals surface area contributed by atoms with Crippen molar-refractivity contribution in [3.05, 3.63) is 58.1 Å². The fourth-order valence-electron chi connectivity index (χ4n) is 1.81. The van der Waals surface area contributed by atoms with Crippen LogP contribution in [-0.2, 0) is 6.54 Å². The number of hydrogen-bond acceptors (Lipinski definition) is 3. The fraction of sp³-hybridized carbons (Fsp3) is 0.214. The van der Waals surface area contributed by atoms with Crippen LogP contribution in [0.1, 0.15) is 22.8 Å². The molecule has 4 nitrogen and oxygen atoms in total. The molecule has 0 aliphatic heterocycles. The van der Waals surface area contributed by atoms with Crippen LogP contribution in [0.25, 0.3) is 0 Å². The number of amides is 1. The van der Waals surface area contributed by atoms with Gasteiger partial charge < -0.3 is 4.90 Å². The van der Waals surface area contributed by atoms with E-state index in [9.17, 15) is 4.79 Å². The van der Waals surface area contributed by atoms with Gasteiger partial charge in [0.2, 0.25) is 0 Å². The maximum absolute atomic E-state index is 12.4. The molecule has 0 saturated carbocycles. The Morgan fingerprint density at radius 1 is 1.20 bits per heavy atom. The summed E-state index contributed by atoms with van der Waals surface area (Å²) in [6.45, 7) is 3.01. The molecular formula is C14H13Cl2N3O. The van der Waals surface area contributed by atoms with Crippen molar-refractivity contribution in [3.63, 3.8) is 0 Å². The lowest BCUT2D eigenvalue weighted by Gasteiger charge is -2.21. The molecule has 2 aromatic rings. The monoisotopic (exact) mass is 309 g/mol. The molecule has 0 atom stereocenters. The highest BCUT2D eigenvalue weighted by molar-refractivity contribution is 6.33. The van der Waals surface area contributed by atoms with Crippen molar-refractivity contribution >= 4 is 29.1 Å². The molecule has 0 unspecified atom stereocenters. The molecule has 0 aliphatic carbocycles. The lowest BCUT2D eigenvalue weighted by molar-refractivity contribution is 0.0752. The molecule has 6 heteroatoms. The second-order valence-electron chi connectivity index (χ2n) is 4.18. The van der Waals surface area contributed by atoms with Crippen molar-refractivity contribution in [2.24, 2.45) is 0 Å². The number of carbonyl (C=O) groups excluding carboxylic acids is 1. The van der Waals surface area contributed by atoms with Crippen LogP contribution in [0.4, 0.5) is 0 Å². The summed E-state index contributed by atoms with van der Waals surface area (Å²) in [5.74, 6) is -0.129. The van der Waals surface area contributed by atoms with Crippen LogP contribution in [-0.4, -0.2) is 27.3 Å². The van der Waals surface area contributed by atoms with E-state index in [1.54, 1.807) is 17.3 Å². The van der Waals surface area contributed by atoms with Gasteiger partial charge >= 0.3 is 0 Å². The van der Waals surface area contributed by atoms with E-state index >= 15 is 0 Å². The van der Waals surface area contributed by atoms with E-state index in [4.69, 9.17) is 23.2 Å². The van der Waals surface area contributed by atoms with Crippen LogP contribution < -0.4 is 0 Å². The molecule has 0 saturated heterocycles. The molecule has 20 heavy (non-hydrogen) atoms. The van der Waals surface area contributed by atoms with Crippen molar-refractivity contribution in [3.8, 4) is 0 Å². The van der Waals surface area contributed by atoms with Gasteiger partial charge in [-0.15, -0.1) is 0 Å². The first-order valence-corrected chi connectivity index (χ1v) is 6.87. The molecule has 0 fully saturated rings. The standard InChI is InChI=1S/C14H13Cl2N3O/c1-2-19(9-10-3-5-17-6-4-10)14(20)11-7-12(15)18-13(16)8-11/h3-8H,2,9H2,1H3. The van der Waals surface area contributed by atoms with Crippen molar-refractivity contribution in [2.75, 3.05) is 6.54 Å². The predicted octanol–water partition coefficient (Wildman–Crippen LogP) is 3.45. The van der Waals surface area contributed by atoms with E-state index < -0.39 is 0 Å². The second kappa shape index (κ2) is 6.68. The molecule has 2 rings (SSSR count). The summed E-state index contributed by atoms with van der Waals surface area (Å²) in [5, 5.41) is 0.418. The van der Waals surface area contributed by atoms with Gasteiger partial charge in [0, 0.05) is 31.0 Å². The van der Waals surface area contributed by atoms with Crippen LogP contribution in [0.3, 0.4) is 0 Å². The van der Waals surface area contributed by atoms with Gasteiger partial charge in [-0.05, 0) is 36.8 Å². The summed E-state index contributed by atoms with van der Waals surface area (Å²) >= 11 is 11.7. The van der Waals surface area contributed by atoms with Gasteiger partial charge in [0.15, 0.2) is 0 Å². The minimum Gasteiger partial charge on any atom is -0.335 e. The van der Waals surface area contributed by atoms with E-state index in [1.807, 2.05) is 19.1 Å². The van der Waals surface area contributed by atoms with E-state index in [1.165, 1.54) is 12.1 Å². The molecule has 104 valence electrons. The van der Waals surface area contributed by atoms with E-state index in [0.29, 0.717) is 18.7 Å². The zero-order valence-corrected chi connectivity index (χ0v) is 12.4. The average Bonchev–Trinajstić information content (AvgIpc) is 2.44. The highest BCUT2D eigenvalue weighted by Crippen LogP contribution is 2.17. The summed E-state index contributed by atoms with van der Waals surface area (Å²) in [6, 6.07) is 6.79. The number of hydrogen-bond donors (Lipinski definition) is 0. The SMILES string of the molecule is CCN(Cc1ccncc1)C(=O)c1cc(Cl)nc(Cl)c1. The normalized spacial score (nSPS) is 10.3. The fourth-order valence-corrected chi connectivity index (χ4v) is 2.27. The van der Waals surface area contributed by atoms with Crippen LogP contribution in [0, 0.1) is 0 Å². The van der Waals surface area contributed by atoms with Crippen LogP contribution in [0.5, 0.6) is 0 Å². The van der Waals surface area contributed by atoms with Gasteiger partial charge in [-0.2, -0.15) is 0 Å². The maximum atomic E-state index is 12.4. The Bertz CT molecular complexity index is 584. The van der Waals surface area contributed by atoms with Gasteiger partial charge in [-0.3, -0.25) is 9.78 Å². The quantitative estimate of drug-likeness (QED) is 0.813. The van der Waals surface area contributed by atoms with Crippen molar-refractivity contribution in [2.45, 2.75) is 13.5 Å². The number of aromatic nitrogens is 2. The molecule has 2 heterocycles. The Morgan fingerprint density at radius 3 is 2.35 bits per heavy atom. The van der Waals surface area contributed by atoms with Gasteiger partial charge in [0.1, 0.15) is 10.3 Å². The minimum atomic E-state index is -0.129. The Hall–Kier alpha value is -1.65. The van der Waals surface area contributed by atoms with Gasteiger partial charge in [-0.1, -0.05) is 23.2 Å². The number of pyridine rings is 2. The molecule has 0 N–H and O–H groups in total. The third-order valence-corrected chi connectivity index (χ3v) is 3.19. The lowest BCUT2D eigenvalue weighted by Crippen LogP contribution is -2.30. The Balaban J connectivity index is 2.20. The molecule has 0 aliphatic rings. The number of halogens is 2. The Kier molecular flexibility index (Phi) is 4.93. The molecule has 0 radical (unpaired) electrons. The van der Waals surface area contributed by atoms with E-state index in [-0.39, 0.29) is 16.2 Å². The molecule has 2 aromatic heterocycles. The molecular weight excluding hydrogens is 297 g/mol. The minimum absolute atomic E-state index is 0.129. The van der Waals surface area contributed by atoms with Crippen LogP contribution >= 0.6 is 23.2 Å². The number of rotatable bonds is 4. The number of nitrogens with zero attached hydrogens (tertiary/aromatic N) is 3. The smallest absolute Gasteiger partial charge is 0.254 e. The Morgan fingerprint density at radius 2 is 1.80 bits per heavy atom. The van der Waals surface area contributed by atoms with Gasteiger partial charge in [0.05, 0.1) is 0 Å². The largest absolute Gasteiger partial charge is 0.335 e. The lowest BCUT2D eigenvalue weighted by atomic mass is 10.2. The third-order valence-electron chi connectivity index (χ3n) is 2.80. The third kappa shape index (κ3) is 3.68. The van der Waals surface area contributed by atoms with Crippen LogP contribution in [0.15, 0.2) is 36.7 Å². The van der Waals surface area contributed by atoms with Gasteiger partial charge in [0.25, 0.3) is 5.91 Å². The van der Waals surface area contributed by atoms with E-state index in [0.717, 1.165) is 5.56 Å². The predicted molar refractivity (Wildman–Crippen MR) is 78.9 cm³/mol. The van der Waals surface area contributed by atoms with E-state index in [2.05, 4.69) is 9.97 Å². The summed E-state index contributed by atoms with van der Waals surface area (Å²) in [5.41, 5.74) is 1.45. The molecule has 1 amide bonds. The highest BCUT2D eigenvalue weighted by atomic mass is 35.5. The van der Waals surface area contributed by atoms with Crippen molar-refractivity contribution in [1.29, 1.82) is 0 Å². The summed E-state index contributed by atoms with van der Waals surface area (Å²) in [6.07, 6.45) is 3.40. The van der Waals surface area contributed by atoms with Crippen molar-refractivity contribution in [1.82, 2.24) is 14.9 Å². The second-order valence-corrected chi connectivity index (χ2v) is 4.95. The topological polar surface area (TPSA) is 46.1 Å². The maximum Gasteiger partial charge on any atom is 0.254 e. The summed E-state index contributed by atoms with van der Waals surface area (Å²) < 4.78 is 0. The first kappa shape index (κ1) is 14.8. The van der Waals surface area contributed by atoms with Crippen molar-refractivity contribution < 1.29 is 4.79 Å². The van der Waals surface area contributed by atoms with Crippen LogP contribution in [0.2, 0.25) is 10.3 Å². The first-order chi connectivity index (χ1) is 9.60. The summed E-state index contributed by atoms with van der Waals surface area (Å²) in [7, 11) is 0. The average molecular weight is 310 g/mol. The van der Waals surface area contributed by atoms with Gasteiger partial charge in [-0.25, -0.2) is 4.98 Å². The number of carbonyl (C=O) groups is 1. The molecule has 0 spiro atoms. The Labute approximate surface area is 127 Å². The molecule has 0 aromatic carbocycles. The zero-order chi connectivity index (χ0) is 14.5. The highest BCUT2D eigenvalue weighted by Gasteiger charge is 2.16.